The molecule has 0 aromatic heterocycles. The fourth-order valence-corrected chi connectivity index (χ4v) is 1.31. The van der Waals surface area contributed by atoms with Crippen molar-refractivity contribution in [3.63, 3.8) is 0 Å². The molecule has 2 N–H and O–H groups in total. The summed E-state index contributed by atoms with van der Waals surface area (Å²) in [5, 5.41) is 21.5. The van der Waals surface area contributed by atoms with Crippen LogP contribution in [0.3, 0.4) is 0 Å². The van der Waals surface area contributed by atoms with Crippen LogP contribution < -0.4 is 5.32 Å². The number of nitro benzene ring substituents is 1. The number of nitro groups is 1. The van der Waals surface area contributed by atoms with Crippen molar-refractivity contribution in [3.05, 3.63) is 39.9 Å². The van der Waals surface area contributed by atoms with Crippen molar-refractivity contribution in [2.45, 2.75) is 19.4 Å². The Morgan fingerprint density at radius 3 is 2.33 bits per heavy atom. The van der Waals surface area contributed by atoms with Crippen LogP contribution in [-0.2, 0) is 4.79 Å². The molecule has 0 aliphatic rings. The molecule has 1 unspecified atom stereocenters. The van der Waals surface area contributed by atoms with Crippen LogP contribution in [0.15, 0.2) is 24.3 Å². The average Bonchev–Trinajstić information content (AvgIpc) is 2.35. The molecular weight excluding hydrogens is 240 g/mol. The summed E-state index contributed by atoms with van der Waals surface area (Å²) >= 11 is 0. The molecule has 1 rings (SSSR count). The average molecular weight is 252 g/mol. The molecule has 0 saturated heterocycles. The summed E-state index contributed by atoms with van der Waals surface area (Å²) in [4.78, 5) is 32.2. The largest absolute Gasteiger partial charge is 0.480 e. The van der Waals surface area contributed by atoms with Crippen molar-refractivity contribution in [2.75, 3.05) is 0 Å². The van der Waals surface area contributed by atoms with Gasteiger partial charge < -0.3 is 10.4 Å². The summed E-state index contributed by atoms with van der Waals surface area (Å²) in [6, 6.07) is 3.98. The van der Waals surface area contributed by atoms with Gasteiger partial charge in [0.15, 0.2) is 0 Å². The Labute approximate surface area is 103 Å². The van der Waals surface area contributed by atoms with Gasteiger partial charge in [0.1, 0.15) is 6.04 Å². The van der Waals surface area contributed by atoms with E-state index in [4.69, 9.17) is 5.11 Å². The van der Waals surface area contributed by atoms with Gasteiger partial charge in [0.2, 0.25) is 0 Å². The lowest BCUT2D eigenvalue weighted by atomic mass is 10.1. The van der Waals surface area contributed by atoms with Gasteiger partial charge in [0.25, 0.3) is 11.6 Å². The first-order valence-corrected chi connectivity index (χ1v) is 5.23. The minimum Gasteiger partial charge on any atom is -0.480 e. The van der Waals surface area contributed by atoms with E-state index in [1.807, 2.05) is 0 Å². The molecule has 1 aromatic carbocycles. The fraction of sp³-hybridized carbons (Fsp3) is 0.273. The number of nitrogens with zero attached hydrogens (tertiary/aromatic N) is 1. The molecule has 0 radical (unpaired) electrons. The Bertz CT molecular complexity index is 469. The Morgan fingerprint density at radius 1 is 1.39 bits per heavy atom. The molecule has 0 spiro atoms. The summed E-state index contributed by atoms with van der Waals surface area (Å²) in [5.74, 6) is -1.69. The Hall–Kier alpha value is -2.44. The van der Waals surface area contributed by atoms with Crippen LogP contribution in [0, 0.1) is 10.1 Å². The van der Waals surface area contributed by atoms with Gasteiger partial charge in [-0.15, -0.1) is 0 Å². The van der Waals surface area contributed by atoms with Crippen molar-refractivity contribution in [1.29, 1.82) is 0 Å². The predicted molar refractivity (Wildman–Crippen MR) is 62.3 cm³/mol. The second kappa shape index (κ2) is 5.76. The molecule has 0 bridgehead atoms. The quantitative estimate of drug-likeness (QED) is 0.604. The van der Waals surface area contributed by atoms with Crippen molar-refractivity contribution in [3.8, 4) is 0 Å². The zero-order valence-electron chi connectivity index (χ0n) is 9.62. The number of hydrogen-bond acceptors (Lipinski definition) is 4. The summed E-state index contributed by atoms with van der Waals surface area (Å²) in [7, 11) is 0. The lowest BCUT2D eigenvalue weighted by molar-refractivity contribution is -0.384. The number of rotatable bonds is 5. The zero-order valence-corrected chi connectivity index (χ0v) is 9.62. The SMILES string of the molecule is CCC(NC(=O)c1ccc([N+](=O)[O-])cc1)C(=O)O. The summed E-state index contributed by atoms with van der Waals surface area (Å²) in [5.41, 5.74) is 0.0529. The van der Waals surface area contributed by atoms with Gasteiger partial charge in [-0.1, -0.05) is 6.92 Å². The number of amides is 1. The summed E-state index contributed by atoms with van der Waals surface area (Å²) in [6.07, 6.45) is 0.258. The van der Waals surface area contributed by atoms with E-state index >= 15 is 0 Å². The predicted octanol–water partition coefficient (Wildman–Crippen LogP) is 1.19. The van der Waals surface area contributed by atoms with E-state index in [-0.39, 0.29) is 17.7 Å². The Balaban J connectivity index is 2.78. The van der Waals surface area contributed by atoms with E-state index in [0.29, 0.717) is 0 Å². The third kappa shape index (κ3) is 3.27. The number of carboxylic acid groups (broad SMARTS) is 1. The molecule has 0 aliphatic carbocycles. The molecule has 18 heavy (non-hydrogen) atoms. The van der Waals surface area contributed by atoms with Crippen LogP contribution >= 0.6 is 0 Å². The zero-order chi connectivity index (χ0) is 13.7. The normalized spacial score (nSPS) is 11.6. The van der Waals surface area contributed by atoms with Crippen molar-refractivity contribution in [2.24, 2.45) is 0 Å². The monoisotopic (exact) mass is 252 g/mol. The van der Waals surface area contributed by atoms with Crippen LogP contribution in [0.5, 0.6) is 0 Å². The van der Waals surface area contributed by atoms with E-state index in [1.54, 1.807) is 6.92 Å². The maximum Gasteiger partial charge on any atom is 0.326 e. The number of aliphatic carboxylic acids is 1. The second-order valence-corrected chi connectivity index (χ2v) is 3.58. The van der Waals surface area contributed by atoms with Gasteiger partial charge in [0.05, 0.1) is 4.92 Å². The van der Waals surface area contributed by atoms with Crippen LogP contribution in [0.25, 0.3) is 0 Å². The second-order valence-electron chi connectivity index (χ2n) is 3.58. The number of benzene rings is 1. The minimum atomic E-state index is -1.12. The molecule has 1 aromatic rings. The summed E-state index contributed by atoms with van der Waals surface area (Å²) < 4.78 is 0. The molecule has 1 amide bonds. The molecule has 0 saturated carbocycles. The highest BCUT2D eigenvalue weighted by molar-refractivity contribution is 5.96. The first kappa shape index (κ1) is 13.6. The van der Waals surface area contributed by atoms with Crippen LogP contribution in [0.2, 0.25) is 0 Å². The fourth-order valence-electron chi connectivity index (χ4n) is 1.31. The van der Waals surface area contributed by atoms with Gasteiger partial charge in [0, 0.05) is 17.7 Å². The molecule has 0 aliphatic heterocycles. The molecule has 7 heteroatoms. The number of carbonyl (C=O) groups excluding carboxylic acids is 1. The van der Waals surface area contributed by atoms with Gasteiger partial charge in [-0.05, 0) is 18.6 Å². The van der Waals surface area contributed by atoms with Crippen molar-refractivity contribution in [1.82, 2.24) is 5.32 Å². The number of nitrogens with one attached hydrogen (secondary N) is 1. The molecule has 96 valence electrons. The van der Waals surface area contributed by atoms with Gasteiger partial charge in [-0.2, -0.15) is 0 Å². The third-order valence-electron chi connectivity index (χ3n) is 2.35. The number of carbonyl (C=O) groups is 2. The lowest BCUT2D eigenvalue weighted by Gasteiger charge is -2.11. The van der Waals surface area contributed by atoms with E-state index in [9.17, 15) is 19.7 Å². The van der Waals surface area contributed by atoms with E-state index in [1.165, 1.54) is 24.3 Å². The number of carboxylic acids is 1. The lowest BCUT2D eigenvalue weighted by Crippen LogP contribution is -2.40. The standard InChI is InChI=1S/C11H12N2O5/c1-2-9(11(15)16)12-10(14)7-3-5-8(6-4-7)13(17)18/h3-6,9H,2H2,1H3,(H,12,14)(H,15,16). The van der Waals surface area contributed by atoms with Gasteiger partial charge in [-0.25, -0.2) is 4.79 Å². The summed E-state index contributed by atoms with van der Waals surface area (Å²) in [6.45, 7) is 1.63. The van der Waals surface area contributed by atoms with E-state index in [2.05, 4.69) is 5.32 Å². The first-order valence-electron chi connectivity index (χ1n) is 5.23. The Morgan fingerprint density at radius 2 is 1.94 bits per heavy atom. The Kier molecular flexibility index (Phi) is 4.36. The topological polar surface area (TPSA) is 110 Å². The molecule has 7 nitrogen and oxygen atoms in total. The molecule has 0 heterocycles. The van der Waals surface area contributed by atoms with Gasteiger partial charge in [-0.3, -0.25) is 14.9 Å². The van der Waals surface area contributed by atoms with Gasteiger partial charge >= 0.3 is 5.97 Å². The van der Waals surface area contributed by atoms with Crippen molar-refractivity contribution >= 4 is 17.6 Å². The van der Waals surface area contributed by atoms with Crippen LogP contribution in [0.4, 0.5) is 5.69 Å². The number of non-ortho nitro benzene ring substituents is 1. The third-order valence-corrected chi connectivity index (χ3v) is 2.35. The highest BCUT2D eigenvalue weighted by atomic mass is 16.6. The molecular formula is C11H12N2O5. The highest BCUT2D eigenvalue weighted by Crippen LogP contribution is 2.12. The molecule has 0 fully saturated rings. The first-order chi connectivity index (χ1) is 8.45. The highest BCUT2D eigenvalue weighted by Gasteiger charge is 2.18. The van der Waals surface area contributed by atoms with E-state index in [0.717, 1.165) is 0 Å². The van der Waals surface area contributed by atoms with Crippen LogP contribution in [0.1, 0.15) is 23.7 Å². The van der Waals surface area contributed by atoms with Crippen LogP contribution in [-0.4, -0.2) is 27.9 Å². The van der Waals surface area contributed by atoms with Crippen molar-refractivity contribution < 1.29 is 19.6 Å². The maximum atomic E-state index is 11.7. The molecule has 1 atom stereocenters. The number of hydrogen-bond donors (Lipinski definition) is 2. The van der Waals surface area contributed by atoms with E-state index < -0.39 is 22.8 Å². The minimum absolute atomic E-state index is 0.128. The maximum absolute atomic E-state index is 11.7. The smallest absolute Gasteiger partial charge is 0.326 e.